The number of hydrogen-bond donors (Lipinski definition) is 0. The molecular weight excluding hydrogens is 354 g/mol. The highest BCUT2D eigenvalue weighted by Crippen LogP contribution is 2.26. The molecule has 4 rings (SSSR count). The van der Waals surface area contributed by atoms with Gasteiger partial charge in [0.1, 0.15) is 12.4 Å². The van der Waals surface area contributed by atoms with Crippen LogP contribution in [0.2, 0.25) is 0 Å². The van der Waals surface area contributed by atoms with Crippen LogP contribution in [0.3, 0.4) is 0 Å². The largest absolute Gasteiger partial charge is 0.381 e. The molecule has 2 aromatic heterocycles. The summed E-state index contributed by atoms with van der Waals surface area (Å²) in [5.41, 5.74) is 3.29. The van der Waals surface area contributed by atoms with E-state index in [4.69, 9.17) is 9.47 Å². The zero-order chi connectivity index (χ0) is 19.3. The molecule has 1 aromatic carbocycles. The Bertz CT molecular complexity index is 890. The number of methoxy groups -OCH3 is 1. The van der Waals surface area contributed by atoms with Gasteiger partial charge in [0.25, 0.3) is 0 Å². The fraction of sp³-hybridized carbons (Fsp3) is 0.381. The molecule has 0 bridgehead atoms. The summed E-state index contributed by atoms with van der Waals surface area (Å²) in [6.45, 7) is 2.67. The Morgan fingerprint density at radius 3 is 2.79 bits per heavy atom. The maximum Gasteiger partial charge on any atom is 0.156 e. The number of benzene rings is 1. The van der Waals surface area contributed by atoms with Crippen LogP contribution in [-0.2, 0) is 22.6 Å². The van der Waals surface area contributed by atoms with Crippen molar-refractivity contribution >= 4 is 5.82 Å². The summed E-state index contributed by atoms with van der Waals surface area (Å²) in [5.74, 6) is 1.95. The van der Waals surface area contributed by atoms with Gasteiger partial charge in [-0.3, -0.25) is 0 Å². The molecule has 7 heteroatoms. The van der Waals surface area contributed by atoms with Crippen LogP contribution in [0, 0.1) is 0 Å². The van der Waals surface area contributed by atoms with Crippen molar-refractivity contribution in [3.05, 3.63) is 65.9 Å². The summed E-state index contributed by atoms with van der Waals surface area (Å²) in [6.07, 6.45) is 4.72. The van der Waals surface area contributed by atoms with Gasteiger partial charge in [-0.1, -0.05) is 12.1 Å². The molecule has 3 heterocycles. The first kappa shape index (κ1) is 18.6. The van der Waals surface area contributed by atoms with Gasteiger partial charge in [-0.25, -0.2) is 14.6 Å². The standard InChI is InChI=1S/C21H25N5O2/c1-25(13-16-4-6-18(7-5-16)26-10-3-9-22-26)21-12-19(17-8-11-28-14-17)23-20(24-21)15-27-2/h3-7,9-10,12,17H,8,11,13-15H2,1-2H3/t17-/m0/s1. The normalized spacial score (nSPS) is 16.4. The molecule has 1 aliphatic rings. The third-order valence-corrected chi connectivity index (χ3v) is 4.92. The molecule has 1 aliphatic heterocycles. The highest BCUT2D eigenvalue weighted by Gasteiger charge is 2.21. The number of nitrogens with zero attached hydrogens (tertiary/aromatic N) is 5. The summed E-state index contributed by atoms with van der Waals surface area (Å²) in [6, 6.07) is 12.4. The molecule has 1 fully saturated rings. The first-order chi connectivity index (χ1) is 13.7. The fourth-order valence-electron chi connectivity index (χ4n) is 3.40. The van der Waals surface area contributed by atoms with Crippen molar-refractivity contribution in [1.29, 1.82) is 0 Å². The van der Waals surface area contributed by atoms with Crippen LogP contribution in [0.5, 0.6) is 0 Å². The third-order valence-electron chi connectivity index (χ3n) is 4.92. The van der Waals surface area contributed by atoms with Crippen molar-refractivity contribution in [3.63, 3.8) is 0 Å². The molecule has 0 aliphatic carbocycles. The number of aromatic nitrogens is 4. The van der Waals surface area contributed by atoms with E-state index in [2.05, 4.69) is 57.3 Å². The van der Waals surface area contributed by atoms with E-state index < -0.39 is 0 Å². The van der Waals surface area contributed by atoms with Gasteiger partial charge in [-0.2, -0.15) is 5.10 Å². The lowest BCUT2D eigenvalue weighted by Crippen LogP contribution is -2.20. The maximum absolute atomic E-state index is 5.54. The summed E-state index contributed by atoms with van der Waals surface area (Å²) in [5, 5.41) is 4.27. The molecule has 0 radical (unpaired) electrons. The molecule has 7 nitrogen and oxygen atoms in total. The molecular formula is C21H25N5O2. The first-order valence-corrected chi connectivity index (χ1v) is 9.47. The molecule has 1 saturated heterocycles. The number of anilines is 1. The van der Waals surface area contributed by atoms with Crippen LogP contribution in [0.15, 0.2) is 48.8 Å². The average molecular weight is 379 g/mol. The summed E-state index contributed by atoms with van der Waals surface area (Å²) in [4.78, 5) is 11.5. The van der Waals surface area contributed by atoms with Gasteiger partial charge in [-0.05, 0) is 30.2 Å². The van der Waals surface area contributed by atoms with E-state index in [1.807, 2.05) is 16.9 Å². The van der Waals surface area contributed by atoms with Gasteiger partial charge in [0.2, 0.25) is 0 Å². The van der Waals surface area contributed by atoms with Crippen LogP contribution in [0.1, 0.15) is 29.4 Å². The average Bonchev–Trinajstić information content (AvgIpc) is 3.43. The van der Waals surface area contributed by atoms with Crippen LogP contribution in [-0.4, -0.2) is 47.1 Å². The molecule has 3 aromatic rings. The van der Waals surface area contributed by atoms with Crippen molar-refractivity contribution in [3.8, 4) is 5.69 Å². The van der Waals surface area contributed by atoms with E-state index in [1.165, 1.54) is 5.56 Å². The van der Waals surface area contributed by atoms with E-state index in [9.17, 15) is 0 Å². The highest BCUT2D eigenvalue weighted by atomic mass is 16.5. The summed E-state index contributed by atoms with van der Waals surface area (Å²) < 4.78 is 12.7. The lowest BCUT2D eigenvalue weighted by molar-refractivity contribution is 0.177. The van der Waals surface area contributed by atoms with Gasteiger partial charge in [0.15, 0.2) is 5.82 Å². The van der Waals surface area contributed by atoms with E-state index in [-0.39, 0.29) is 0 Å². The Hall–Kier alpha value is -2.77. The summed E-state index contributed by atoms with van der Waals surface area (Å²) in [7, 11) is 3.72. The predicted octanol–water partition coefficient (Wildman–Crippen LogP) is 2.95. The monoisotopic (exact) mass is 379 g/mol. The van der Waals surface area contributed by atoms with E-state index in [0.717, 1.165) is 43.4 Å². The van der Waals surface area contributed by atoms with Crippen molar-refractivity contribution < 1.29 is 9.47 Å². The number of rotatable bonds is 7. The van der Waals surface area contributed by atoms with Gasteiger partial charge in [-0.15, -0.1) is 0 Å². The van der Waals surface area contributed by atoms with Crippen molar-refractivity contribution in [2.45, 2.75) is 25.5 Å². The molecule has 1 atom stereocenters. The molecule has 0 N–H and O–H groups in total. The Morgan fingerprint density at radius 1 is 1.25 bits per heavy atom. The Balaban J connectivity index is 1.52. The quantitative estimate of drug-likeness (QED) is 0.629. The minimum absolute atomic E-state index is 0.333. The van der Waals surface area contributed by atoms with Crippen molar-refractivity contribution in [2.75, 3.05) is 32.3 Å². The van der Waals surface area contributed by atoms with Crippen molar-refractivity contribution in [1.82, 2.24) is 19.7 Å². The molecule has 0 amide bonds. The van der Waals surface area contributed by atoms with E-state index in [0.29, 0.717) is 18.3 Å². The van der Waals surface area contributed by atoms with Crippen LogP contribution in [0.4, 0.5) is 5.82 Å². The Kier molecular flexibility index (Phi) is 5.64. The van der Waals surface area contributed by atoms with Gasteiger partial charge < -0.3 is 14.4 Å². The minimum atomic E-state index is 0.333. The SMILES string of the molecule is COCc1nc([C@H]2CCOC2)cc(N(C)Cc2ccc(-n3cccn3)cc2)n1. The van der Waals surface area contributed by atoms with E-state index >= 15 is 0 Å². The Labute approximate surface area is 164 Å². The highest BCUT2D eigenvalue weighted by molar-refractivity contribution is 5.42. The topological polar surface area (TPSA) is 65.3 Å². The lowest BCUT2D eigenvalue weighted by atomic mass is 10.0. The second-order valence-corrected chi connectivity index (χ2v) is 7.03. The summed E-state index contributed by atoms with van der Waals surface area (Å²) >= 11 is 0. The smallest absolute Gasteiger partial charge is 0.156 e. The fourth-order valence-corrected chi connectivity index (χ4v) is 3.40. The Morgan fingerprint density at radius 2 is 2.11 bits per heavy atom. The van der Waals surface area contributed by atoms with Gasteiger partial charge in [0, 0.05) is 51.7 Å². The minimum Gasteiger partial charge on any atom is -0.381 e. The zero-order valence-electron chi connectivity index (χ0n) is 16.3. The second kappa shape index (κ2) is 8.50. The number of hydrogen-bond acceptors (Lipinski definition) is 6. The predicted molar refractivity (Wildman–Crippen MR) is 107 cm³/mol. The van der Waals surface area contributed by atoms with Crippen molar-refractivity contribution in [2.24, 2.45) is 0 Å². The molecule has 0 unspecified atom stereocenters. The zero-order valence-corrected chi connectivity index (χ0v) is 16.3. The molecule has 28 heavy (non-hydrogen) atoms. The first-order valence-electron chi connectivity index (χ1n) is 9.47. The molecule has 0 saturated carbocycles. The van der Waals surface area contributed by atoms with E-state index in [1.54, 1.807) is 13.3 Å². The van der Waals surface area contributed by atoms with Gasteiger partial charge in [0.05, 0.1) is 18.0 Å². The molecule has 146 valence electrons. The van der Waals surface area contributed by atoms with Crippen LogP contribution >= 0.6 is 0 Å². The third kappa shape index (κ3) is 4.21. The lowest BCUT2D eigenvalue weighted by Gasteiger charge is -2.21. The maximum atomic E-state index is 5.54. The van der Waals surface area contributed by atoms with Gasteiger partial charge >= 0.3 is 0 Å². The van der Waals surface area contributed by atoms with Crippen LogP contribution in [0.25, 0.3) is 5.69 Å². The number of ether oxygens (including phenoxy) is 2. The second-order valence-electron chi connectivity index (χ2n) is 7.03. The molecule has 0 spiro atoms. The van der Waals surface area contributed by atoms with Crippen LogP contribution < -0.4 is 4.90 Å².